The standard InChI is InChI=1S/C16H22N2O2S/c1-11(2)8-17-9-16-18-14(10-21-16)13-7-12(19-3)5-6-15(13)20-4/h5-7,10-11,17H,8-9H2,1-4H3. The number of thiazole rings is 1. The Kier molecular flexibility index (Phi) is 5.59. The van der Waals surface area contributed by atoms with Crippen molar-refractivity contribution < 1.29 is 9.47 Å². The lowest BCUT2D eigenvalue weighted by atomic mass is 10.1. The fourth-order valence-electron chi connectivity index (χ4n) is 2.00. The quantitative estimate of drug-likeness (QED) is 0.849. The highest BCUT2D eigenvalue weighted by Crippen LogP contribution is 2.33. The van der Waals surface area contributed by atoms with E-state index in [2.05, 4.69) is 29.5 Å². The van der Waals surface area contributed by atoms with Crippen LogP contribution in [0.1, 0.15) is 18.9 Å². The van der Waals surface area contributed by atoms with E-state index in [4.69, 9.17) is 9.47 Å². The molecule has 0 fully saturated rings. The summed E-state index contributed by atoms with van der Waals surface area (Å²) >= 11 is 1.66. The van der Waals surface area contributed by atoms with Crippen LogP contribution in [0.2, 0.25) is 0 Å². The van der Waals surface area contributed by atoms with Crippen molar-refractivity contribution >= 4 is 11.3 Å². The molecule has 0 bridgehead atoms. The highest BCUT2D eigenvalue weighted by Gasteiger charge is 2.11. The van der Waals surface area contributed by atoms with E-state index in [-0.39, 0.29) is 0 Å². The Labute approximate surface area is 130 Å². The van der Waals surface area contributed by atoms with Gasteiger partial charge in [-0.25, -0.2) is 4.98 Å². The Balaban J connectivity index is 2.16. The monoisotopic (exact) mass is 306 g/mol. The number of hydrogen-bond acceptors (Lipinski definition) is 5. The molecule has 0 amide bonds. The summed E-state index contributed by atoms with van der Waals surface area (Å²) in [5.74, 6) is 2.25. The second-order valence-electron chi connectivity index (χ2n) is 5.22. The first-order valence-electron chi connectivity index (χ1n) is 7.01. The molecule has 0 saturated carbocycles. The van der Waals surface area contributed by atoms with Crippen LogP contribution in [0.5, 0.6) is 11.5 Å². The van der Waals surface area contributed by atoms with Gasteiger partial charge in [0.25, 0.3) is 0 Å². The van der Waals surface area contributed by atoms with Gasteiger partial charge in [0.1, 0.15) is 16.5 Å². The van der Waals surface area contributed by atoms with Crippen LogP contribution in [0.15, 0.2) is 23.6 Å². The van der Waals surface area contributed by atoms with Gasteiger partial charge in [0, 0.05) is 17.5 Å². The van der Waals surface area contributed by atoms with Crippen LogP contribution in [0.4, 0.5) is 0 Å². The summed E-state index contributed by atoms with van der Waals surface area (Å²) in [5, 5.41) is 6.55. The minimum Gasteiger partial charge on any atom is -0.497 e. The van der Waals surface area contributed by atoms with Crippen LogP contribution in [-0.4, -0.2) is 25.7 Å². The Morgan fingerprint density at radius 2 is 2.05 bits per heavy atom. The minimum atomic E-state index is 0.642. The van der Waals surface area contributed by atoms with E-state index in [1.54, 1.807) is 25.6 Å². The summed E-state index contributed by atoms with van der Waals surface area (Å²) in [7, 11) is 3.33. The first-order chi connectivity index (χ1) is 10.1. The lowest BCUT2D eigenvalue weighted by Crippen LogP contribution is -2.18. The second-order valence-corrected chi connectivity index (χ2v) is 6.16. The fourth-order valence-corrected chi connectivity index (χ4v) is 2.76. The van der Waals surface area contributed by atoms with Crippen molar-refractivity contribution in [3.05, 3.63) is 28.6 Å². The van der Waals surface area contributed by atoms with Gasteiger partial charge in [-0.05, 0) is 30.7 Å². The molecule has 0 aliphatic carbocycles. The average Bonchev–Trinajstić information content (AvgIpc) is 2.95. The summed E-state index contributed by atoms with van der Waals surface area (Å²) < 4.78 is 10.7. The predicted molar refractivity (Wildman–Crippen MR) is 87.2 cm³/mol. The van der Waals surface area contributed by atoms with Crippen molar-refractivity contribution in [2.45, 2.75) is 20.4 Å². The summed E-state index contributed by atoms with van der Waals surface area (Å²) in [4.78, 5) is 4.68. The number of benzene rings is 1. The van der Waals surface area contributed by atoms with Gasteiger partial charge >= 0.3 is 0 Å². The molecule has 2 aromatic rings. The third-order valence-corrected chi connectivity index (χ3v) is 3.91. The SMILES string of the molecule is COc1ccc(OC)c(-c2csc(CNCC(C)C)n2)c1. The molecule has 0 aliphatic heterocycles. The molecule has 1 N–H and O–H groups in total. The van der Waals surface area contributed by atoms with Crippen molar-refractivity contribution in [2.24, 2.45) is 5.92 Å². The van der Waals surface area contributed by atoms with E-state index in [1.807, 2.05) is 18.2 Å². The van der Waals surface area contributed by atoms with Gasteiger partial charge in [-0.2, -0.15) is 0 Å². The summed E-state index contributed by atoms with van der Waals surface area (Å²) in [6.45, 7) is 6.19. The van der Waals surface area contributed by atoms with E-state index in [0.717, 1.165) is 40.9 Å². The lowest BCUT2D eigenvalue weighted by molar-refractivity contribution is 0.404. The predicted octanol–water partition coefficient (Wildman–Crippen LogP) is 3.57. The zero-order chi connectivity index (χ0) is 15.2. The van der Waals surface area contributed by atoms with E-state index < -0.39 is 0 Å². The molecule has 5 heteroatoms. The van der Waals surface area contributed by atoms with Gasteiger partial charge < -0.3 is 14.8 Å². The maximum absolute atomic E-state index is 5.41. The molecular weight excluding hydrogens is 284 g/mol. The largest absolute Gasteiger partial charge is 0.497 e. The number of ether oxygens (including phenoxy) is 2. The topological polar surface area (TPSA) is 43.4 Å². The van der Waals surface area contributed by atoms with Crippen molar-refractivity contribution in [1.29, 1.82) is 0 Å². The molecule has 0 unspecified atom stereocenters. The molecule has 1 heterocycles. The van der Waals surface area contributed by atoms with Gasteiger partial charge in [-0.1, -0.05) is 13.8 Å². The number of methoxy groups -OCH3 is 2. The maximum atomic E-state index is 5.41. The van der Waals surface area contributed by atoms with E-state index in [1.165, 1.54) is 0 Å². The van der Waals surface area contributed by atoms with Crippen LogP contribution >= 0.6 is 11.3 Å². The molecule has 21 heavy (non-hydrogen) atoms. The third kappa shape index (κ3) is 4.19. The molecule has 0 radical (unpaired) electrons. The van der Waals surface area contributed by atoms with Gasteiger partial charge in [0.15, 0.2) is 0 Å². The van der Waals surface area contributed by atoms with Crippen LogP contribution in [0.3, 0.4) is 0 Å². The molecule has 1 aromatic heterocycles. The molecule has 0 aliphatic rings. The Hall–Kier alpha value is -1.59. The average molecular weight is 306 g/mol. The summed E-state index contributed by atoms with van der Waals surface area (Å²) in [6, 6.07) is 5.75. The van der Waals surface area contributed by atoms with Crippen LogP contribution in [0.25, 0.3) is 11.3 Å². The van der Waals surface area contributed by atoms with Crippen LogP contribution < -0.4 is 14.8 Å². The third-order valence-electron chi connectivity index (χ3n) is 3.06. The normalized spacial score (nSPS) is 10.9. The Morgan fingerprint density at radius 3 is 2.71 bits per heavy atom. The number of aromatic nitrogens is 1. The fraction of sp³-hybridized carbons (Fsp3) is 0.438. The maximum Gasteiger partial charge on any atom is 0.128 e. The van der Waals surface area contributed by atoms with Gasteiger partial charge in [-0.3, -0.25) is 0 Å². The molecule has 0 atom stereocenters. The molecule has 114 valence electrons. The highest BCUT2D eigenvalue weighted by atomic mass is 32.1. The van der Waals surface area contributed by atoms with E-state index in [9.17, 15) is 0 Å². The smallest absolute Gasteiger partial charge is 0.128 e. The lowest BCUT2D eigenvalue weighted by Gasteiger charge is -2.08. The van der Waals surface area contributed by atoms with Gasteiger partial charge in [0.2, 0.25) is 0 Å². The van der Waals surface area contributed by atoms with E-state index in [0.29, 0.717) is 5.92 Å². The summed E-state index contributed by atoms with van der Waals surface area (Å²) in [5.41, 5.74) is 1.89. The Bertz CT molecular complexity index is 581. The van der Waals surface area contributed by atoms with Gasteiger partial charge in [-0.15, -0.1) is 11.3 Å². The van der Waals surface area contributed by atoms with Crippen molar-refractivity contribution in [2.75, 3.05) is 20.8 Å². The van der Waals surface area contributed by atoms with Crippen LogP contribution in [-0.2, 0) is 6.54 Å². The zero-order valence-corrected chi connectivity index (χ0v) is 13.8. The van der Waals surface area contributed by atoms with E-state index >= 15 is 0 Å². The van der Waals surface area contributed by atoms with Crippen LogP contribution in [0, 0.1) is 5.92 Å². The first kappa shape index (κ1) is 15.8. The molecular formula is C16H22N2O2S. The van der Waals surface area contributed by atoms with Gasteiger partial charge in [0.05, 0.1) is 19.9 Å². The number of rotatable bonds is 7. The van der Waals surface area contributed by atoms with Crippen molar-refractivity contribution in [3.8, 4) is 22.8 Å². The molecule has 0 saturated heterocycles. The second kappa shape index (κ2) is 7.43. The molecule has 1 aromatic carbocycles. The minimum absolute atomic E-state index is 0.642. The number of nitrogens with zero attached hydrogens (tertiary/aromatic N) is 1. The number of nitrogens with one attached hydrogen (secondary N) is 1. The van der Waals surface area contributed by atoms with Crippen molar-refractivity contribution in [3.63, 3.8) is 0 Å². The zero-order valence-electron chi connectivity index (χ0n) is 13.0. The molecule has 2 rings (SSSR count). The number of hydrogen-bond donors (Lipinski definition) is 1. The summed E-state index contributed by atoms with van der Waals surface area (Å²) in [6.07, 6.45) is 0. The van der Waals surface area contributed by atoms with Crippen molar-refractivity contribution in [1.82, 2.24) is 10.3 Å². The molecule has 0 spiro atoms. The Morgan fingerprint density at radius 1 is 1.24 bits per heavy atom. The first-order valence-corrected chi connectivity index (χ1v) is 7.89. The molecule has 4 nitrogen and oxygen atoms in total. The highest BCUT2D eigenvalue weighted by molar-refractivity contribution is 7.09.